The number of ether oxygens (including phenoxy) is 1. The maximum atomic E-state index is 12.9. The van der Waals surface area contributed by atoms with Crippen LogP contribution in [0.2, 0.25) is 0 Å². The zero-order valence-corrected chi connectivity index (χ0v) is 11.9. The Morgan fingerprint density at radius 2 is 1.95 bits per heavy atom. The highest BCUT2D eigenvalue weighted by molar-refractivity contribution is 7.94. The van der Waals surface area contributed by atoms with Gasteiger partial charge in [0, 0.05) is 0 Å². The van der Waals surface area contributed by atoms with Crippen LogP contribution >= 0.6 is 11.3 Å². The van der Waals surface area contributed by atoms with Crippen molar-refractivity contribution in [3.8, 4) is 0 Å². The Morgan fingerprint density at radius 3 is 2.55 bits per heavy atom. The van der Waals surface area contributed by atoms with Crippen molar-refractivity contribution in [3.05, 3.63) is 47.1 Å². The van der Waals surface area contributed by atoms with Crippen molar-refractivity contribution >= 4 is 33.0 Å². The smallest absolute Gasteiger partial charge is 0.339 e. The second-order valence-corrected chi connectivity index (χ2v) is 6.64. The summed E-state index contributed by atoms with van der Waals surface area (Å²) >= 11 is 0.501. The molecule has 8 heteroatoms. The highest BCUT2D eigenvalue weighted by Gasteiger charge is 2.20. The van der Waals surface area contributed by atoms with Crippen LogP contribution in [0.5, 0.6) is 0 Å². The molecular formula is C12H10FNO4S2. The third kappa shape index (κ3) is 2.97. The summed E-state index contributed by atoms with van der Waals surface area (Å²) in [4.78, 5) is 11.5. The van der Waals surface area contributed by atoms with E-state index in [4.69, 9.17) is 0 Å². The molecule has 0 unspecified atom stereocenters. The topological polar surface area (TPSA) is 72.5 Å². The largest absolute Gasteiger partial charge is 0.465 e. The summed E-state index contributed by atoms with van der Waals surface area (Å²) in [5.41, 5.74) is 0.156. The van der Waals surface area contributed by atoms with E-state index in [0.717, 1.165) is 12.1 Å². The number of hydrogen-bond donors (Lipinski definition) is 1. The van der Waals surface area contributed by atoms with Crippen LogP contribution in [0.15, 0.2) is 40.6 Å². The van der Waals surface area contributed by atoms with E-state index in [2.05, 4.69) is 9.46 Å². The van der Waals surface area contributed by atoms with E-state index < -0.39 is 21.1 Å². The number of hydrogen-bond acceptors (Lipinski definition) is 5. The minimum absolute atomic E-state index is 0.0770. The lowest BCUT2D eigenvalue weighted by Crippen LogP contribution is -2.15. The summed E-state index contributed by atoms with van der Waals surface area (Å²) in [6.45, 7) is 0. The second kappa shape index (κ2) is 5.59. The molecule has 0 fully saturated rings. The lowest BCUT2D eigenvalue weighted by Gasteiger charge is -2.10. The van der Waals surface area contributed by atoms with Crippen LogP contribution in [0.25, 0.3) is 0 Å². The Morgan fingerprint density at radius 1 is 1.25 bits per heavy atom. The zero-order chi connectivity index (χ0) is 14.8. The maximum absolute atomic E-state index is 12.9. The number of rotatable bonds is 4. The van der Waals surface area contributed by atoms with Crippen LogP contribution in [0, 0.1) is 5.13 Å². The van der Waals surface area contributed by atoms with Crippen molar-refractivity contribution in [1.29, 1.82) is 0 Å². The van der Waals surface area contributed by atoms with Gasteiger partial charge in [0.05, 0.1) is 18.4 Å². The van der Waals surface area contributed by atoms with Gasteiger partial charge in [0.25, 0.3) is 10.0 Å². The lowest BCUT2D eigenvalue weighted by atomic mass is 10.2. The van der Waals surface area contributed by atoms with Gasteiger partial charge in [-0.25, -0.2) is 13.2 Å². The van der Waals surface area contributed by atoms with Gasteiger partial charge < -0.3 is 4.74 Å². The highest BCUT2D eigenvalue weighted by atomic mass is 32.2. The van der Waals surface area contributed by atoms with Crippen molar-refractivity contribution in [3.63, 3.8) is 0 Å². The molecule has 0 saturated carbocycles. The Labute approximate surface area is 119 Å². The third-order valence-electron chi connectivity index (χ3n) is 2.39. The monoisotopic (exact) mass is 315 g/mol. The van der Waals surface area contributed by atoms with Crippen molar-refractivity contribution < 1.29 is 22.3 Å². The highest BCUT2D eigenvalue weighted by Crippen LogP contribution is 2.24. The first-order valence-corrected chi connectivity index (χ1v) is 7.69. The molecule has 1 N–H and O–H groups in total. The Hall–Kier alpha value is -1.93. The summed E-state index contributed by atoms with van der Waals surface area (Å²) < 4.78 is 43.7. The van der Waals surface area contributed by atoms with Crippen LogP contribution < -0.4 is 4.72 Å². The average Bonchev–Trinajstić information content (AvgIpc) is 2.86. The number of sulfonamides is 1. The van der Waals surface area contributed by atoms with Crippen LogP contribution in [0.1, 0.15) is 10.4 Å². The van der Waals surface area contributed by atoms with Gasteiger partial charge in [-0.15, -0.1) is 0 Å². The number of carbonyl (C=O) groups is 1. The SMILES string of the molecule is COC(=O)c1ccccc1NS(=O)(=O)c1ccc(F)s1. The molecule has 1 heterocycles. The zero-order valence-electron chi connectivity index (χ0n) is 10.3. The molecule has 0 aliphatic heterocycles. The fourth-order valence-electron chi connectivity index (χ4n) is 1.50. The first-order chi connectivity index (χ1) is 9.44. The summed E-state index contributed by atoms with van der Waals surface area (Å²) in [6, 6.07) is 8.22. The van der Waals surface area contributed by atoms with E-state index >= 15 is 0 Å². The van der Waals surface area contributed by atoms with E-state index in [9.17, 15) is 17.6 Å². The van der Waals surface area contributed by atoms with E-state index in [1.54, 1.807) is 12.1 Å². The molecule has 0 aliphatic carbocycles. The van der Waals surface area contributed by atoms with Gasteiger partial charge in [-0.05, 0) is 24.3 Å². The van der Waals surface area contributed by atoms with Gasteiger partial charge in [0.1, 0.15) is 4.21 Å². The summed E-state index contributed by atoms with van der Waals surface area (Å²) in [7, 11) is -2.74. The standard InChI is InChI=1S/C12H10FNO4S2/c1-18-12(15)8-4-2-3-5-9(8)14-20(16,17)11-7-6-10(13)19-11/h2-7,14H,1H3. The Balaban J connectivity index is 2.37. The molecular weight excluding hydrogens is 305 g/mol. The molecule has 2 aromatic rings. The first-order valence-electron chi connectivity index (χ1n) is 5.39. The molecule has 5 nitrogen and oxygen atoms in total. The summed E-state index contributed by atoms with van der Waals surface area (Å²) in [5, 5.41) is -0.605. The molecule has 0 spiro atoms. The number of esters is 1. The van der Waals surface area contributed by atoms with Crippen molar-refractivity contribution in [2.24, 2.45) is 0 Å². The molecule has 0 bridgehead atoms. The molecule has 0 aliphatic rings. The fraction of sp³-hybridized carbons (Fsp3) is 0.0833. The van der Waals surface area contributed by atoms with Crippen molar-refractivity contribution in [1.82, 2.24) is 0 Å². The van der Waals surface area contributed by atoms with Crippen molar-refractivity contribution in [2.75, 3.05) is 11.8 Å². The van der Waals surface area contributed by atoms with E-state index in [1.807, 2.05) is 0 Å². The molecule has 20 heavy (non-hydrogen) atoms. The van der Waals surface area contributed by atoms with Crippen LogP contribution in [0.3, 0.4) is 0 Å². The molecule has 1 aromatic heterocycles. The third-order valence-corrected chi connectivity index (χ3v) is 5.12. The number of thiophene rings is 1. The minimum atomic E-state index is -3.94. The first kappa shape index (κ1) is 14.5. The number of anilines is 1. The minimum Gasteiger partial charge on any atom is -0.465 e. The maximum Gasteiger partial charge on any atom is 0.339 e. The fourth-order valence-corrected chi connectivity index (χ4v) is 3.58. The molecule has 106 valence electrons. The second-order valence-electron chi connectivity index (χ2n) is 3.70. The van der Waals surface area contributed by atoms with E-state index in [-0.39, 0.29) is 15.5 Å². The van der Waals surface area contributed by atoms with Crippen molar-refractivity contribution in [2.45, 2.75) is 4.21 Å². The summed E-state index contributed by atoms with van der Waals surface area (Å²) in [5.74, 6) is -0.666. The molecule has 0 atom stereocenters. The van der Waals surface area contributed by atoms with E-state index in [1.165, 1.54) is 19.2 Å². The van der Waals surface area contributed by atoms with Crippen LogP contribution in [0.4, 0.5) is 10.1 Å². The lowest BCUT2D eigenvalue weighted by molar-refractivity contribution is 0.0602. The normalized spacial score (nSPS) is 11.1. The summed E-state index contributed by atoms with van der Waals surface area (Å²) in [6.07, 6.45) is 0. The predicted octanol–water partition coefficient (Wildman–Crippen LogP) is 2.47. The average molecular weight is 315 g/mol. The number of para-hydroxylation sites is 1. The molecule has 1 aromatic carbocycles. The number of nitrogens with one attached hydrogen (secondary N) is 1. The number of halogens is 1. The van der Waals surface area contributed by atoms with Crippen LogP contribution in [-0.2, 0) is 14.8 Å². The number of methoxy groups -OCH3 is 1. The Bertz CT molecular complexity index is 739. The predicted molar refractivity (Wildman–Crippen MR) is 72.9 cm³/mol. The van der Waals surface area contributed by atoms with Crippen LogP contribution in [-0.4, -0.2) is 21.5 Å². The van der Waals surface area contributed by atoms with Gasteiger partial charge in [0.15, 0.2) is 5.13 Å². The molecule has 0 radical (unpaired) electrons. The molecule has 0 saturated heterocycles. The number of benzene rings is 1. The van der Waals surface area contributed by atoms with Gasteiger partial charge in [-0.2, -0.15) is 4.39 Å². The van der Waals surface area contributed by atoms with Gasteiger partial charge in [-0.3, -0.25) is 4.72 Å². The Kier molecular flexibility index (Phi) is 4.05. The van der Waals surface area contributed by atoms with Gasteiger partial charge in [-0.1, -0.05) is 23.5 Å². The number of carbonyl (C=O) groups excluding carboxylic acids is 1. The van der Waals surface area contributed by atoms with Gasteiger partial charge in [0.2, 0.25) is 0 Å². The van der Waals surface area contributed by atoms with E-state index in [0.29, 0.717) is 11.3 Å². The molecule has 0 amide bonds. The quantitative estimate of drug-likeness (QED) is 0.880. The van der Waals surface area contributed by atoms with Gasteiger partial charge >= 0.3 is 5.97 Å². The molecule has 2 rings (SSSR count).